The van der Waals surface area contributed by atoms with Gasteiger partial charge in [-0.15, -0.1) is 24.0 Å². The van der Waals surface area contributed by atoms with Gasteiger partial charge < -0.3 is 20.5 Å². The van der Waals surface area contributed by atoms with E-state index < -0.39 is 0 Å². The maximum atomic E-state index is 5.92. The number of anilines is 1. The fourth-order valence-electron chi connectivity index (χ4n) is 2.30. The van der Waals surface area contributed by atoms with E-state index in [-0.39, 0.29) is 35.7 Å². The number of nitrogens with two attached hydrogens (primary N) is 1. The van der Waals surface area contributed by atoms with E-state index in [0.29, 0.717) is 12.5 Å². The molecule has 0 heterocycles. The molecule has 0 radical (unpaired) electrons. The lowest BCUT2D eigenvalue weighted by Gasteiger charge is -2.39. The first kappa shape index (κ1) is 19.0. The van der Waals surface area contributed by atoms with Gasteiger partial charge in [0, 0.05) is 12.8 Å². The highest BCUT2D eigenvalue weighted by atomic mass is 127. The third kappa shape index (κ3) is 5.31. The zero-order valence-electron chi connectivity index (χ0n) is 13.5. The fourth-order valence-corrected chi connectivity index (χ4v) is 2.30. The van der Waals surface area contributed by atoms with Crippen LogP contribution in [0.3, 0.4) is 0 Å². The van der Waals surface area contributed by atoms with Crippen molar-refractivity contribution in [1.29, 1.82) is 0 Å². The third-order valence-electron chi connectivity index (χ3n) is 3.73. The first-order chi connectivity index (χ1) is 10.0. The second kappa shape index (κ2) is 8.57. The topological polar surface area (TPSA) is 68.9 Å². The van der Waals surface area contributed by atoms with Crippen LogP contribution in [0, 0.1) is 0 Å². The van der Waals surface area contributed by atoms with Crippen molar-refractivity contribution in [1.82, 2.24) is 0 Å². The SMILES string of the molecule is COC1(CN=C(N)Nc2ccc(OC(C)C)cc2)CCC1.I. The summed E-state index contributed by atoms with van der Waals surface area (Å²) < 4.78 is 11.1. The molecule has 5 nitrogen and oxygen atoms in total. The van der Waals surface area contributed by atoms with Gasteiger partial charge in [-0.1, -0.05) is 0 Å². The van der Waals surface area contributed by atoms with Crippen LogP contribution in [0.1, 0.15) is 33.1 Å². The number of ether oxygens (including phenoxy) is 2. The van der Waals surface area contributed by atoms with E-state index in [1.807, 2.05) is 38.1 Å². The fraction of sp³-hybridized carbons (Fsp3) is 0.562. The van der Waals surface area contributed by atoms with E-state index in [1.54, 1.807) is 7.11 Å². The molecule has 1 aromatic carbocycles. The summed E-state index contributed by atoms with van der Waals surface area (Å²) in [6.07, 6.45) is 3.49. The number of guanidine groups is 1. The van der Waals surface area contributed by atoms with Gasteiger partial charge >= 0.3 is 0 Å². The molecule has 0 saturated heterocycles. The summed E-state index contributed by atoms with van der Waals surface area (Å²) in [6, 6.07) is 7.68. The molecule has 0 spiro atoms. The number of rotatable bonds is 6. The molecule has 0 amide bonds. The average Bonchev–Trinajstić information content (AvgIpc) is 2.40. The predicted octanol–water partition coefficient (Wildman–Crippen LogP) is 3.39. The van der Waals surface area contributed by atoms with Crippen LogP contribution in [-0.4, -0.2) is 31.3 Å². The first-order valence-corrected chi connectivity index (χ1v) is 7.42. The minimum absolute atomic E-state index is 0. The molecule has 0 bridgehead atoms. The number of nitrogens with zero attached hydrogens (tertiary/aromatic N) is 1. The Morgan fingerprint density at radius 3 is 2.41 bits per heavy atom. The van der Waals surface area contributed by atoms with E-state index in [9.17, 15) is 0 Å². The van der Waals surface area contributed by atoms with Crippen molar-refractivity contribution in [3.63, 3.8) is 0 Å². The van der Waals surface area contributed by atoms with Gasteiger partial charge in [-0.05, 0) is 57.4 Å². The van der Waals surface area contributed by atoms with Crippen molar-refractivity contribution < 1.29 is 9.47 Å². The lowest BCUT2D eigenvalue weighted by molar-refractivity contribution is -0.0629. The van der Waals surface area contributed by atoms with E-state index in [0.717, 1.165) is 24.3 Å². The van der Waals surface area contributed by atoms with Crippen LogP contribution in [0.5, 0.6) is 5.75 Å². The largest absolute Gasteiger partial charge is 0.491 e. The lowest BCUT2D eigenvalue weighted by atomic mass is 9.80. The van der Waals surface area contributed by atoms with E-state index in [4.69, 9.17) is 15.2 Å². The van der Waals surface area contributed by atoms with Crippen molar-refractivity contribution in [3.05, 3.63) is 24.3 Å². The van der Waals surface area contributed by atoms with E-state index >= 15 is 0 Å². The summed E-state index contributed by atoms with van der Waals surface area (Å²) in [5, 5.41) is 3.08. The van der Waals surface area contributed by atoms with Gasteiger partial charge in [-0.3, -0.25) is 4.99 Å². The standard InChI is InChI=1S/C16H25N3O2.HI/c1-12(2)21-14-7-5-13(6-8-14)19-15(17)18-11-16(20-3)9-4-10-16;/h5-8,12H,4,9-11H2,1-3H3,(H3,17,18,19);1H. The Balaban J connectivity index is 0.00000242. The second-order valence-electron chi connectivity index (χ2n) is 5.76. The molecule has 1 saturated carbocycles. The van der Waals surface area contributed by atoms with Crippen LogP contribution in [0.25, 0.3) is 0 Å². The molecule has 0 atom stereocenters. The van der Waals surface area contributed by atoms with Crippen molar-refractivity contribution in [2.45, 2.75) is 44.8 Å². The Labute approximate surface area is 149 Å². The Hall–Kier alpha value is -1.02. The smallest absolute Gasteiger partial charge is 0.193 e. The number of hydrogen-bond acceptors (Lipinski definition) is 3. The third-order valence-corrected chi connectivity index (χ3v) is 3.73. The minimum atomic E-state index is -0.0960. The molecule has 6 heteroatoms. The van der Waals surface area contributed by atoms with Gasteiger partial charge in [0.05, 0.1) is 18.2 Å². The second-order valence-corrected chi connectivity index (χ2v) is 5.76. The molecule has 22 heavy (non-hydrogen) atoms. The maximum absolute atomic E-state index is 5.92. The quantitative estimate of drug-likeness (QED) is 0.422. The van der Waals surface area contributed by atoms with Crippen LogP contribution in [0.2, 0.25) is 0 Å². The molecule has 1 fully saturated rings. The van der Waals surface area contributed by atoms with Gasteiger partial charge in [-0.2, -0.15) is 0 Å². The van der Waals surface area contributed by atoms with Gasteiger partial charge in [0.2, 0.25) is 0 Å². The van der Waals surface area contributed by atoms with E-state index in [1.165, 1.54) is 6.42 Å². The van der Waals surface area contributed by atoms with Gasteiger partial charge in [0.1, 0.15) is 5.75 Å². The van der Waals surface area contributed by atoms with Crippen LogP contribution in [-0.2, 0) is 4.74 Å². The zero-order valence-corrected chi connectivity index (χ0v) is 15.8. The summed E-state index contributed by atoms with van der Waals surface area (Å²) in [6.45, 7) is 4.61. The molecule has 3 N–H and O–H groups in total. The molecule has 0 aromatic heterocycles. The number of methoxy groups -OCH3 is 1. The summed E-state index contributed by atoms with van der Waals surface area (Å²) in [5.74, 6) is 1.26. The van der Waals surface area contributed by atoms with Gasteiger partial charge in [0.15, 0.2) is 5.96 Å². The number of nitrogens with one attached hydrogen (secondary N) is 1. The highest BCUT2D eigenvalue weighted by Gasteiger charge is 2.36. The van der Waals surface area contributed by atoms with Crippen molar-refractivity contribution >= 4 is 35.6 Å². The number of hydrogen-bond donors (Lipinski definition) is 2. The lowest BCUT2D eigenvalue weighted by Crippen LogP contribution is -2.43. The summed E-state index contributed by atoms with van der Waals surface area (Å²) in [4.78, 5) is 4.38. The van der Waals surface area contributed by atoms with Crippen molar-refractivity contribution in [2.24, 2.45) is 10.7 Å². The zero-order chi connectivity index (χ0) is 15.3. The Morgan fingerprint density at radius 2 is 1.95 bits per heavy atom. The molecule has 0 unspecified atom stereocenters. The molecular formula is C16H26IN3O2. The van der Waals surface area contributed by atoms with E-state index in [2.05, 4.69) is 10.3 Å². The maximum Gasteiger partial charge on any atom is 0.193 e. The molecule has 2 rings (SSSR count). The normalized spacial score (nSPS) is 16.6. The Kier molecular flexibility index (Phi) is 7.41. The highest BCUT2D eigenvalue weighted by Crippen LogP contribution is 2.35. The van der Waals surface area contributed by atoms with Crippen molar-refractivity contribution in [3.8, 4) is 5.75 Å². The molecule has 1 aliphatic carbocycles. The summed E-state index contributed by atoms with van der Waals surface area (Å²) in [5.41, 5.74) is 6.72. The first-order valence-electron chi connectivity index (χ1n) is 7.42. The van der Waals surface area contributed by atoms with Crippen LogP contribution < -0.4 is 15.8 Å². The highest BCUT2D eigenvalue weighted by molar-refractivity contribution is 14.0. The molecule has 124 valence electrons. The number of aliphatic imine (C=N–C) groups is 1. The van der Waals surface area contributed by atoms with Gasteiger partial charge in [-0.25, -0.2) is 0 Å². The monoisotopic (exact) mass is 419 g/mol. The minimum Gasteiger partial charge on any atom is -0.491 e. The number of halogens is 1. The summed E-state index contributed by atoms with van der Waals surface area (Å²) >= 11 is 0. The Morgan fingerprint density at radius 1 is 1.32 bits per heavy atom. The predicted molar refractivity (Wildman–Crippen MR) is 101 cm³/mol. The van der Waals surface area contributed by atoms with Crippen LogP contribution in [0.4, 0.5) is 5.69 Å². The van der Waals surface area contributed by atoms with Crippen LogP contribution >= 0.6 is 24.0 Å². The van der Waals surface area contributed by atoms with Crippen molar-refractivity contribution in [2.75, 3.05) is 19.0 Å². The summed E-state index contributed by atoms with van der Waals surface area (Å²) in [7, 11) is 1.74. The van der Waals surface area contributed by atoms with Gasteiger partial charge in [0.25, 0.3) is 0 Å². The average molecular weight is 419 g/mol. The number of benzene rings is 1. The molecule has 0 aliphatic heterocycles. The molecular weight excluding hydrogens is 393 g/mol. The molecule has 1 aromatic rings. The Bertz CT molecular complexity index is 479. The molecule has 1 aliphatic rings. The van der Waals surface area contributed by atoms with Crippen LogP contribution in [0.15, 0.2) is 29.3 Å².